The average molecular weight is 559 g/mol. The van der Waals surface area contributed by atoms with Crippen LogP contribution in [0.15, 0.2) is 30.5 Å². The molecule has 0 aliphatic rings. The summed E-state index contributed by atoms with van der Waals surface area (Å²) < 4.78 is 0. The molecule has 0 aliphatic heterocycles. The number of H-pyrrole nitrogens is 1. The molecule has 2 rings (SSSR count). The van der Waals surface area contributed by atoms with E-state index in [1.54, 1.807) is 20.0 Å². The second kappa shape index (κ2) is 15.0. The van der Waals surface area contributed by atoms with Crippen LogP contribution in [0, 0.1) is 11.8 Å². The number of nitrogens with two attached hydrogens (primary N) is 2. The molecule has 4 amide bonds. The van der Waals surface area contributed by atoms with E-state index in [4.69, 9.17) is 11.5 Å². The lowest BCUT2D eigenvalue weighted by atomic mass is 9.98. The number of primary amides is 1. The van der Waals surface area contributed by atoms with Gasteiger partial charge in [0.25, 0.3) is 0 Å². The molecule has 12 nitrogen and oxygen atoms in total. The fourth-order valence-electron chi connectivity index (χ4n) is 4.39. The molecule has 0 spiro atoms. The number of aliphatic carboxylic acids is 1. The van der Waals surface area contributed by atoms with Gasteiger partial charge in [0.1, 0.15) is 18.1 Å². The van der Waals surface area contributed by atoms with Gasteiger partial charge in [0, 0.05) is 29.9 Å². The zero-order chi connectivity index (χ0) is 30.0. The van der Waals surface area contributed by atoms with E-state index in [2.05, 4.69) is 20.9 Å². The van der Waals surface area contributed by atoms with Gasteiger partial charge in [-0.05, 0) is 36.3 Å². The Hall–Kier alpha value is -3.93. The molecule has 40 heavy (non-hydrogen) atoms. The molecule has 12 heteroatoms. The Morgan fingerprint density at radius 1 is 0.950 bits per heavy atom. The van der Waals surface area contributed by atoms with Gasteiger partial charge in [0.15, 0.2) is 0 Å². The number of hydrogen-bond donors (Lipinski definition) is 7. The number of rotatable bonds is 16. The van der Waals surface area contributed by atoms with E-state index in [0.29, 0.717) is 12.8 Å². The van der Waals surface area contributed by atoms with Gasteiger partial charge in [0.2, 0.25) is 23.6 Å². The van der Waals surface area contributed by atoms with E-state index in [0.717, 1.165) is 16.5 Å². The van der Waals surface area contributed by atoms with Crippen LogP contribution in [0.25, 0.3) is 10.9 Å². The largest absolute Gasteiger partial charge is 0.480 e. The first-order chi connectivity index (χ1) is 18.8. The Bertz CT molecular complexity index is 1190. The van der Waals surface area contributed by atoms with Crippen LogP contribution in [0.5, 0.6) is 0 Å². The Kier molecular flexibility index (Phi) is 12.1. The monoisotopic (exact) mass is 558 g/mol. The Labute approximate surface area is 234 Å². The molecule has 1 aromatic carbocycles. The van der Waals surface area contributed by atoms with Crippen molar-refractivity contribution in [2.24, 2.45) is 23.3 Å². The summed E-state index contributed by atoms with van der Waals surface area (Å²) in [7, 11) is 0. The first-order valence-corrected chi connectivity index (χ1v) is 13.6. The molecule has 5 unspecified atom stereocenters. The van der Waals surface area contributed by atoms with Crippen LogP contribution in [0.4, 0.5) is 0 Å². The number of hydrogen-bond acceptors (Lipinski definition) is 6. The molecular weight excluding hydrogens is 516 g/mol. The van der Waals surface area contributed by atoms with Gasteiger partial charge in [0.05, 0.1) is 6.04 Å². The molecule has 0 aliphatic carbocycles. The number of aromatic nitrogens is 1. The van der Waals surface area contributed by atoms with Gasteiger partial charge >= 0.3 is 5.97 Å². The summed E-state index contributed by atoms with van der Waals surface area (Å²) in [5, 5.41) is 18.2. The van der Waals surface area contributed by atoms with Crippen molar-refractivity contribution in [2.75, 3.05) is 0 Å². The number of carbonyl (C=O) groups is 5. The van der Waals surface area contributed by atoms with Gasteiger partial charge < -0.3 is 37.5 Å². The number of carboxylic acid groups (broad SMARTS) is 1. The first kappa shape index (κ1) is 32.3. The number of nitrogens with one attached hydrogen (secondary N) is 4. The fraction of sp³-hybridized carbons (Fsp3) is 0.536. The minimum Gasteiger partial charge on any atom is -0.480 e. The summed E-state index contributed by atoms with van der Waals surface area (Å²) in [4.78, 5) is 66.0. The number of carbonyl (C=O) groups excluding carboxylic acids is 4. The van der Waals surface area contributed by atoms with Crippen LogP contribution in [-0.2, 0) is 30.4 Å². The maximum atomic E-state index is 13.6. The van der Waals surface area contributed by atoms with Crippen LogP contribution >= 0.6 is 0 Å². The molecule has 1 heterocycles. The lowest BCUT2D eigenvalue weighted by molar-refractivity contribution is -0.144. The van der Waals surface area contributed by atoms with Crippen molar-refractivity contribution in [3.63, 3.8) is 0 Å². The summed E-state index contributed by atoms with van der Waals surface area (Å²) in [6, 6.07) is 3.06. The minimum atomic E-state index is -1.27. The summed E-state index contributed by atoms with van der Waals surface area (Å²) in [5.74, 6) is -4.11. The van der Waals surface area contributed by atoms with E-state index in [1.165, 1.54) is 0 Å². The standard InChI is InChI=1S/C28H42N6O6/c1-5-16(4)24(28(39)40)34-26(37)21(10-11-23(30)35)32-27(38)22(33-25(36)19(29)12-15(2)3)13-17-14-31-20-9-7-6-8-18(17)20/h6-9,14-16,19,21-22,24,31H,5,10-13,29H2,1-4H3,(H2,30,35)(H,32,38)(H,33,36)(H,34,37)(H,39,40). The highest BCUT2D eigenvalue weighted by Crippen LogP contribution is 2.19. The normalized spacial score (nSPS) is 15.1. The third-order valence-electron chi connectivity index (χ3n) is 6.88. The molecule has 5 atom stereocenters. The second-order valence-corrected chi connectivity index (χ2v) is 10.6. The predicted molar refractivity (Wildman–Crippen MR) is 151 cm³/mol. The number of fused-ring (bicyclic) bond motifs is 1. The number of aromatic amines is 1. The molecule has 0 bridgehead atoms. The average Bonchev–Trinajstić information content (AvgIpc) is 3.30. The van der Waals surface area contributed by atoms with Gasteiger partial charge in [-0.15, -0.1) is 0 Å². The van der Waals surface area contributed by atoms with Crippen LogP contribution in [0.2, 0.25) is 0 Å². The molecule has 0 radical (unpaired) electrons. The molecule has 220 valence electrons. The molecule has 0 saturated heterocycles. The summed E-state index contributed by atoms with van der Waals surface area (Å²) >= 11 is 0. The van der Waals surface area contributed by atoms with Crippen molar-refractivity contribution in [1.29, 1.82) is 0 Å². The maximum Gasteiger partial charge on any atom is 0.326 e. The summed E-state index contributed by atoms with van der Waals surface area (Å²) in [6.07, 6.45) is 2.35. The number of carboxylic acids is 1. The van der Waals surface area contributed by atoms with Gasteiger partial charge in [-0.1, -0.05) is 52.3 Å². The molecular formula is C28H42N6O6. The summed E-state index contributed by atoms with van der Waals surface area (Å²) in [6.45, 7) is 7.33. The zero-order valence-electron chi connectivity index (χ0n) is 23.5. The highest BCUT2D eigenvalue weighted by molar-refractivity contribution is 5.95. The molecule has 9 N–H and O–H groups in total. The van der Waals surface area contributed by atoms with Crippen molar-refractivity contribution in [3.05, 3.63) is 36.0 Å². The topological polar surface area (TPSA) is 209 Å². The smallest absolute Gasteiger partial charge is 0.326 e. The number of amides is 4. The number of para-hydroxylation sites is 1. The van der Waals surface area contributed by atoms with Crippen molar-refractivity contribution in [2.45, 2.75) is 84.0 Å². The lowest BCUT2D eigenvalue weighted by Crippen LogP contribution is -2.58. The van der Waals surface area contributed by atoms with Crippen molar-refractivity contribution in [3.8, 4) is 0 Å². The number of benzene rings is 1. The lowest BCUT2D eigenvalue weighted by Gasteiger charge is -2.26. The van der Waals surface area contributed by atoms with Crippen LogP contribution < -0.4 is 27.4 Å². The van der Waals surface area contributed by atoms with Gasteiger partial charge in [-0.25, -0.2) is 4.79 Å². The fourth-order valence-corrected chi connectivity index (χ4v) is 4.39. The van der Waals surface area contributed by atoms with Crippen LogP contribution in [0.1, 0.15) is 58.9 Å². The molecule has 2 aromatic rings. The maximum absolute atomic E-state index is 13.6. The Balaban J connectivity index is 2.33. The minimum absolute atomic E-state index is 0.0881. The molecule has 0 saturated carbocycles. The molecule has 0 fully saturated rings. The van der Waals surface area contributed by atoms with Crippen molar-refractivity contribution >= 4 is 40.5 Å². The van der Waals surface area contributed by atoms with Crippen LogP contribution in [0.3, 0.4) is 0 Å². The van der Waals surface area contributed by atoms with Crippen molar-refractivity contribution < 1.29 is 29.1 Å². The van der Waals surface area contributed by atoms with Crippen molar-refractivity contribution in [1.82, 2.24) is 20.9 Å². The van der Waals surface area contributed by atoms with E-state index in [1.807, 2.05) is 38.1 Å². The predicted octanol–water partition coefficient (Wildman–Crippen LogP) is 0.934. The van der Waals surface area contributed by atoms with E-state index >= 15 is 0 Å². The van der Waals surface area contributed by atoms with Gasteiger partial charge in [-0.3, -0.25) is 19.2 Å². The highest BCUT2D eigenvalue weighted by atomic mass is 16.4. The highest BCUT2D eigenvalue weighted by Gasteiger charge is 2.32. The molecule has 1 aromatic heterocycles. The van der Waals surface area contributed by atoms with E-state index in [-0.39, 0.29) is 31.1 Å². The third-order valence-corrected chi connectivity index (χ3v) is 6.88. The second-order valence-electron chi connectivity index (χ2n) is 10.6. The SMILES string of the molecule is CCC(C)C(NC(=O)C(CCC(N)=O)NC(=O)C(Cc1c[nH]c2ccccc12)NC(=O)C(N)CC(C)C)C(=O)O. The van der Waals surface area contributed by atoms with Crippen LogP contribution in [-0.4, -0.2) is 63.9 Å². The quantitative estimate of drug-likeness (QED) is 0.158. The third kappa shape index (κ3) is 9.37. The summed E-state index contributed by atoms with van der Waals surface area (Å²) in [5.41, 5.74) is 13.0. The Morgan fingerprint density at radius 2 is 1.57 bits per heavy atom. The van der Waals surface area contributed by atoms with E-state index < -0.39 is 53.8 Å². The first-order valence-electron chi connectivity index (χ1n) is 13.6. The van der Waals surface area contributed by atoms with Gasteiger partial charge in [-0.2, -0.15) is 0 Å². The Morgan fingerprint density at radius 3 is 2.17 bits per heavy atom. The zero-order valence-corrected chi connectivity index (χ0v) is 23.5. The van der Waals surface area contributed by atoms with E-state index in [9.17, 15) is 29.1 Å².